The van der Waals surface area contributed by atoms with E-state index < -0.39 is 0 Å². The molecule has 0 N–H and O–H groups in total. The maximum absolute atomic E-state index is 13.0. The normalized spacial score (nSPS) is 26.2. The number of likely N-dealkylation sites (tertiary alicyclic amines) is 1. The van der Waals surface area contributed by atoms with E-state index in [4.69, 9.17) is 0 Å². The first-order valence-electron chi connectivity index (χ1n) is 9.71. The van der Waals surface area contributed by atoms with Gasteiger partial charge in [-0.2, -0.15) is 5.10 Å². The molecule has 0 aromatic carbocycles. The summed E-state index contributed by atoms with van der Waals surface area (Å²) < 4.78 is 1.86. The summed E-state index contributed by atoms with van der Waals surface area (Å²) in [5, 5.41) is 4.15. The Morgan fingerprint density at radius 3 is 2.54 bits per heavy atom. The number of amides is 1. The van der Waals surface area contributed by atoms with Gasteiger partial charge in [-0.05, 0) is 34.0 Å². The standard InChI is InChI=1S/C18H33N7O/c1-21(2)17-5-4-16(12-22(3)13-17)18(26)24-9-6-23(7-10-24)8-11-25-15-19-14-20-25/h14-17H,4-13H2,1-3H3/t16-,17+/m1/s1. The summed E-state index contributed by atoms with van der Waals surface area (Å²) in [6.45, 7) is 7.32. The van der Waals surface area contributed by atoms with E-state index >= 15 is 0 Å². The molecule has 2 saturated heterocycles. The number of aromatic nitrogens is 3. The van der Waals surface area contributed by atoms with Gasteiger partial charge in [0.1, 0.15) is 12.7 Å². The molecule has 0 radical (unpaired) electrons. The molecule has 8 heteroatoms. The molecule has 1 aromatic heterocycles. The fraction of sp³-hybridized carbons (Fsp3) is 0.833. The molecule has 0 aliphatic carbocycles. The molecule has 1 aromatic rings. The largest absolute Gasteiger partial charge is 0.340 e. The van der Waals surface area contributed by atoms with Crippen molar-refractivity contribution in [3.05, 3.63) is 12.7 Å². The molecule has 146 valence electrons. The highest BCUT2D eigenvalue weighted by Gasteiger charge is 2.31. The highest BCUT2D eigenvalue weighted by Crippen LogP contribution is 2.21. The highest BCUT2D eigenvalue weighted by atomic mass is 16.2. The van der Waals surface area contributed by atoms with E-state index in [0.717, 1.165) is 65.2 Å². The van der Waals surface area contributed by atoms with Crippen LogP contribution in [0.3, 0.4) is 0 Å². The van der Waals surface area contributed by atoms with Gasteiger partial charge in [0.2, 0.25) is 5.91 Å². The Morgan fingerprint density at radius 1 is 1.12 bits per heavy atom. The molecule has 26 heavy (non-hydrogen) atoms. The van der Waals surface area contributed by atoms with Gasteiger partial charge in [0.15, 0.2) is 0 Å². The number of likely N-dealkylation sites (N-methyl/N-ethyl adjacent to an activating group) is 2. The second-order valence-corrected chi connectivity index (χ2v) is 7.94. The summed E-state index contributed by atoms with van der Waals surface area (Å²) >= 11 is 0. The Kier molecular flexibility index (Phi) is 6.61. The lowest BCUT2D eigenvalue weighted by Gasteiger charge is -2.36. The minimum Gasteiger partial charge on any atom is -0.340 e. The van der Waals surface area contributed by atoms with Gasteiger partial charge in [0.05, 0.1) is 12.5 Å². The van der Waals surface area contributed by atoms with Crippen LogP contribution < -0.4 is 0 Å². The molecule has 0 spiro atoms. The lowest BCUT2D eigenvalue weighted by Crippen LogP contribution is -2.51. The second kappa shape index (κ2) is 8.92. The van der Waals surface area contributed by atoms with E-state index in [1.807, 2.05) is 4.68 Å². The van der Waals surface area contributed by atoms with Crippen LogP contribution in [-0.2, 0) is 11.3 Å². The van der Waals surface area contributed by atoms with Crippen molar-refractivity contribution in [3.63, 3.8) is 0 Å². The van der Waals surface area contributed by atoms with Crippen molar-refractivity contribution in [1.29, 1.82) is 0 Å². The smallest absolute Gasteiger partial charge is 0.227 e. The molecule has 3 rings (SSSR count). The van der Waals surface area contributed by atoms with Gasteiger partial charge in [-0.25, -0.2) is 4.98 Å². The Labute approximate surface area is 156 Å². The SMILES string of the molecule is CN1C[C@H](C(=O)N2CCN(CCn3cncn3)CC2)CC[C@H](N(C)C)C1. The van der Waals surface area contributed by atoms with E-state index in [-0.39, 0.29) is 5.92 Å². The average Bonchev–Trinajstić information content (AvgIpc) is 3.07. The minimum atomic E-state index is 0.145. The number of nitrogens with zero attached hydrogens (tertiary/aromatic N) is 7. The average molecular weight is 364 g/mol. The van der Waals surface area contributed by atoms with Gasteiger partial charge in [-0.3, -0.25) is 14.4 Å². The van der Waals surface area contributed by atoms with E-state index in [1.165, 1.54) is 0 Å². The van der Waals surface area contributed by atoms with Crippen LogP contribution in [0, 0.1) is 5.92 Å². The van der Waals surface area contributed by atoms with Crippen LogP contribution >= 0.6 is 0 Å². The van der Waals surface area contributed by atoms with Crippen LogP contribution in [0.1, 0.15) is 12.8 Å². The van der Waals surface area contributed by atoms with Crippen LogP contribution in [0.2, 0.25) is 0 Å². The first kappa shape index (κ1) is 19.3. The minimum absolute atomic E-state index is 0.145. The Hall–Kier alpha value is -1.51. The van der Waals surface area contributed by atoms with Gasteiger partial charge >= 0.3 is 0 Å². The predicted molar refractivity (Wildman–Crippen MR) is 101 cm³/mol. The van der Waals surface area contributed by atoms with Crippen molar-refractivity contribution in [3.8, 4) is 0 Å². The zero-order chi connectivity index (χ0) is 18.5. The number of hydrogen-bond donors (Lipinski definition) is 0. The van der Waals surface area contributed by atoms with Gasteiger partial charge in [0, 0.05) is 51.9 Å². The fourth-order valence-corrected chi connectivity index (χ4v) is 4.05. The maximum Gasteiger partial charge on any atom is 0.227 e. The van der Waals surface area contributed by atoms with Crippen LogP contribution in [0.25, 0.3) is 0 Å². The second-order valence-electron chi connectivity index (χ2n) is 7.94. The van der Waals surface area contributed by atoms with Gasteiger partial charge in [0.25, 0.3) is 0 Å². The number of rotatable bonds is 5. The van der Waals surface area contributed by atoms with E-state index in [0.29, 0.717) is 11.9 Å². The molecular weight excluding hydrogens is 330 g/mol. The third kappa shape index (κ3) is 5.02. The summed E-state index contributed by atoms with van der Waals surface area (Å²) in [6.07, 6.45) is 5.43. The van der Waals surface area contributed by atoms with Crippen molar-refractivity contribution in [2.24, 2.45) is 5.92 Å². The molecule has 2 atom stereocenters. The molecule has 2 fully saturated rings. The Morgan fingerprint density at radius 2 is 1.88 bits per heavy atom. The molecular formula is C18H33N7O. The third-order valence-corrected chi connectivity index (χ3v) is 5.78. The summed E-state index contributed by atoms with van der Waals surface area (Å²) in [7, 11) is 6.42. The van der Waals surface area contributed by atoms with Gasteiger partial charge < -0.3 is 14.7 Å². The Balaban J connectivity index is 1.45. The zero-order valence-electron chi connectivity index (χ0n) is 16.4. The van der Waals surface area contributed by atoms with Crippen LogP contribution in [0.5, 0.6) is 0 Å². The summed E-state index contributed by atoms with van der Waals surface area (Å²) in [4.78, 5) is 26.1. The van der Waals surface area contributed by atoms with Crippen molar-refractivity contribution in [2.75, 3.05) is 67.0 Å². The van der Waals surface area contributed by atoms with E-state index in [2.05, 4.69) is 50.8 Å². The number of carbonyl (C=O) groups is 1. The van der Waals surface area contributed by atoms with Gasteiger partial charge in [-0.1, -0.05) is 0 Å². The molecule has 2 aliphatic heterocycles. The molecule has 0 bridgehead atoms. The molecule has 0 saturated carbocycles. The van der Waals surface area contributed by atoms with Gasteiger partial charge in [-0.15, -0.1) is 0 Å². The number of carbonyl (C=O) groups excluding carboxylic acids is 1. The quantitative estimate of drug-likeness (QED) is 0.716. The molecule has 1 amide bonds. The summed E-state index contributed by atoms with van der Waals surface area (Å²) in [5.74, 6) is 0.499. The van der Waals surface area contributed by atoms with E-state index in [9.17, 15) is 4.79 Å². The lowest BCUT2D eigenvalue weighted by molar-refractivity contribution is -0.138. The van der Waals surface area contributed by atoms with Crippen LogP contribution in [0.15, 0.2) is 12.7 Å². The first-order chi connectivity index (χ1) is 12.5. The predicted octanol–water partition coefficient (Wildman–Crippen LogP) is -0.306. The van der Waals surface area contributed by atoms with Crippen molar-refractivity contribution < 1.29 is 4.79 Å². The topological polar surface area (TPSA) is 60.7 Å². The van der Waals surface area contributed by atoms with Crippen LogP contribution in [0.4, 0.5) is 0 Å². The fourth-order valence-electron chi connectivity index (χ4n) is 4.05. The summed E-state index contributed by atoms with van der Waals surface area (Å²) in [6, 6.07) is 0.548. The summed E-state index contributed by atoms with van der Waals surface area (Å²) in [5.41, 5.74) is 0. The molecule has 0 unspecified atom stereocenters. The lowest BCUT2D eigenvalue weighted by atomic mass is 9.99. The van der Waals surface area contributed by atoms with E-state index in [1.54, 1.807) is 12.7 Å². The highest BCUT2D eigenvalue weighted by molar-refractivity contribution is 5.79. The Bertz CT molecular complexity index is 554. The van der Waals surface area contributed by atoms with Crippen LogP contribution in [-0.4, -0.2) is 113 Å². The third-order valence-electron chi connectivity index (χ3n) is 5.78. The first-order valence-corrected chi connectivity index (χ1v) is 9.71. The van der Waals surface area contributed by atoms with Crippen molar-refractivity contribution >= 4 is 5.91 Å². The van der Waals surface area contributed by atoms with Crippen molar-refractivity contribution in [1.82, 2.24) is 34.4 Å². The molecule has 2 aliphatic rings. The molecule has 8 nitrogen and oxygen atoms in total. The monoisotopic (exact) mass is 363 g/mol. The number of piperazine rings is 1. The molecule has 3 heterocycles. The maximum atomic E-state index is 13.0. The zero-order valence-corrected chi connectivity index (χ0v) is 16.4. The number of hydrogen-bond acceptors (Lipinski definition) is 6. The van der Waals surface area contributed by atoms with Crippen molar-refractivity contribution in [2.45, 2.75) is 25.4 Å².